The first kappa shape index (κ1) is 18.7. The van der Waals surface area contributed by atoms with Crippen LogP contribution in [0.3, 0.4) is 0 Å². The van der Waals surface area contributed by atoms with Gasteiger partial charge in [0.15, 0.2) is 0 Å². The maximum absolute atomic E-state index is 12.6. The van der Waals surface area contributed by atoms with Crippen LogP contribution >= 0.6 is 0 Å². The molecule has 3 N–H and O–H groups in total. The van der Waals surface area contributed by atoms with Crippen molar-refractivity contribution in [2.75, 3.05) is 26.7 Å². The van der Waals surface area contributed by atoms with Gasteiger partial charge in [-0.05, 0) is 46.5 Å². The first-order valence-corrected chi connectivity index (χ1v) is 9.11. The Hall–Kier alpha value is -0.650. The normalized spacial score (nSPS) is 31.1. The van der Waals surface area contributed by atoms with Crippen molar-refractivity contribution in [2.45, 2.75) is 76.5 Å². The number of amides is 1. The zero-order chi connectivity index (χ0) is 17.1. The highest BCUT2D eigenvalue weighted by Crippen LogP contribution is 2.32. The summed E-state index contributed by atoms with van der Waals surface area (Å²) in [6.07, 6.45) is 6.62. The van der Waals surface area contributed by atoms with E-state index in [1.54, 1.807) is 7.11 Å². The Morgan fingerprint density at radius 3 is 2.52 bits per heavy atom. The molecule has 1 heterocycles. The van der Waals surface area contributed by atoms with Crippen LogP contribution in [0.4, 0.5) is 0 Å². The lowest BCUT2D eigenvalue weighted by Gasteiger charge is -2.43. The van der Waals surface area contributed by atoms with Crippen molar-refractivity contribution in [3.63, 3.8) is 0 Å². The summed E-state index contributed by atoms with van der Waals surface area (Å²) in [5.41, 5.74) is 5.96. The molecule has 0 aromatic rings. The van der Waals surface area contributed by atoms with Gasteiger partial charge in [-0.1, -0.05) is 12.8 Å². The number of carbonyl (C=O) groups is 1. The predicted molar refractivity (Wildman–Crippen MR) is 93.2 cm³/mol. The molecule has 1 aliphatic carbocycles. The van der Waals surface area contributed by atoms with E-state index >= 15 is 0 Å². The first-order chi connectivity index (χ1) is 10.8. The summed E-state index contributed by atoms with van der Waals surface area (Å²) in [5.74, 6) is 0.0841. The number of nitrogens with zero attached hydrogens (tertiary/aromatic N) is 1. The SMILES string of the molecule is COC1CCN(C(C)(C)CNC(=O)C2CCCCC2(C)N)CC1. The van der Waals surface area contributed by atoms with Gasteiger partial charge in [0.1, 0.15) is 0 Å². The number of nitrogens with two attached hydrogens (primary N) is 1. The Morgan fingerprint density at radius 1 is 1.30 bits per heavy atom. The van der Waals surface area contributed by atoms with Crippen LogP contribution in [0.5, 0.6) is 0 Å². The molecule has 2 rings (SSSR count). The molecule has 1 saturated carbocycles. The van der Waals surface area contributed by atoms with E-state index in [1.165, 1.54) is 0 Å². The molecule has 0 aromatic heterocycles. The molecule has 2 unspecified atom stereocenters. The van der Waals surface area contributed by atoms with Gasteiger partial charge in [-0.2, -0.15) is 0 Å². The van der Waals surface area contributed by atoms with Crippen LogP contribution in [-0.2, 0) is 9.53 Å². The number of carbonyl (C=O) groups excluding carboxylic acids is 1. The molecule has 0 bridgehead atoms. The number of likely N-dealkylation sites (tertiary alicyclic amines) is 1. The number of hydrogen-bond donors (Lipinski definition) is 2. The van der Waals surface area contributed by atoms with Crippen LogP contribution < -0.4 is 11.1 Å². The number of rotatable bonds is 5. The van der Waals surface area contributed by atoms with E-state index in [4.69, 9.17) is 10.5 Å². The highest BCUT2D eigenvalue weighted by atomic mass is 16.5. The summed E-state index contributed by atoms with van der Waals surface area (Å²) in [6, 6.07) is 0. The van der Waals surface area contributed by atoms with E-state index in [0.717, 1.165) is 51.6 Å². The third-order valence-corrected chi connectivity index (χ3v) is 5.90. The monoisotopic (exact) mass is 325 g/mol. The van der Waals surface area contributed by atoms with Gasteiger partial charge >= 0.3 is 0 Å². The highest BCUT2D eigenvalue weighted by Gasteiger charge is 2.38. The summed E-state index contributed by atoms with van der Waals surface area (Å²) in [5, 5.41) is 3.18. The second-order valence-corrected chi connectivity index (χ2v) is 8.26. The zero-order valence-corrected chi connectivity index (χ0v) is 15.4. The van der Waals surface area contributed by atoms with Gasteiger partial charge in [-0.15, -0.1) is 0 Å². The lowest BCUT2D eigenvalue weighted by molar-refractivity contribution is -0.128. The van der Waals surface area contributed by atoms with E-state index in [0.29, 0.717) is 12.6 Å². The Balaban J connectivity index is 1.85. The predicted octanol–water partition coefficient (Wildman–Crippen LogP) is 1.90. The van der Waals surface area contributed by atoms with Crippen LogP contribution in [0.15, 0.2) is 0 Å². The molecule has 2 aliphatic rings. The van der Waals surface area contributed by atoms with Gasteiger partial charge in [0, 0.05) is 37.8 Å². The fourth-order valence-corrected chi connectivity index (χ4v) is 4.02. The smallest absolute Gasteiger partial charge is 0.225 e. The summed E-state index contributed by atoms with van der Waals surface area (Å²) >= 11 is 0. The first-order valence-electron chi connectivity index (χ1n) is 9.11. The number of piperidine rings is 1. The third kappa shape index (κ3) is 4.68. The molecule has 0 radical (unpaired) electrons. The van der Waals surface area contributed by atoms with Crippen LogP contribution in [-0.4, -0.2) is 54.7 Å². The van der Waals surface area contributed by atoms with Crippen molar-refractivity contribution in [1.29, 1.82) is 0 Å². The second kappa shape index (κ2) is 7.49. The quantitative estimate of drug-likeness (QED) is 0.810. The average molecular weight is 325 g/mol. The van der Waals surface area contributed by atoms with Gasteiger partial charge in [0.05, 0.1) is 12.0 Å². The fraction of sp³-hybridized carbons (Fsp3) is 0.944. The Labute approximate surface area is 141 Å². The van der Waals surface area contributed by atoms with Gasteiger partial charge in [0.2, 0.25) is 5.91 Å². The van der Waals surface area contributed by atoms with Gasteiger partial charge in [-0.25, -0.2) is 0 Å². The minimum absolute atomic E-state index is 0.0337. The van der Waals surface area contributed by atoms with Crippen molar-refractivity contribution in [2.24, 2.45) is 11.7 Å². The maximum atomic E-state index is 12.6. The van der Waals surface area contributed by atoms with Crippen molar-refractivity contribution >= 4 is 5.91 Å². The van der Waals surface area contributed by atoms with E-state index < -0.39 is 0 Å². The molecule has 1 amide bonds. The van der Waals surface area contributed by atoms with Crippen LogP contribution in [0.1, 0.15) is 59.3 Å². The summed E-state index contributed by atoms with van der Waals surface area (Å²) < 4.78 is 5.44. The van der Waals surface area contributed by atoms with Crippen LogP contribution in [0.2, 0.25) is 0 Å². The molecule has 1 aliphatic heterocycles. The number of hydrogen-bond acceptors (Lipinski definition) is 4. The Bertz CT molecular complexity index is 401. The standard InChI is InChI=1S/C18H35N3O2/c1-17(2,21-11-8-14(23-4)9-12-21)13-20-16(22)15-7-5-6-10-18(15,3)19/h14-15H,5-13,19H2,1-4H3,(H,20,22). The van der Waals surface area contributed by atoms with E-state index in [1.807, 2.05) is 6.92 Å². The minimum atomic E-state index is -0.358. The number of ether oxygens (including phenoxy) is 1. The van der Waals surface area contributed by atoms with Crippen molar-refractivity contribution in [3.8, 4) is 0 Å². The lowest BCUT2D eigenvalue weighted by atomic mass is 9.74. The molecule has 0 spiro atoms. The molecular formula is C18H35N3O2. The summed E-state index contributed by atoms with van der Waals surface area (Å²) in [4.78, 5) is 15.1. The van der Waals surface area contributed by atoms with Crippen molar-refractivity contribution in [3.05, 3.63) is 0 Å². The minimum Gasteiger partial charge on any atom is -0.381 e. The largest absolute Gasteiger partial charge is 0.381 e. The average Bonchev–Trinajstić information content (AvgIpc) is 2.52. The topological polar surface area (TPSA) is 67.6 Å². The zero-order valence-electron chi connectivity index (χ0n) is 15.4. The second-order valence-electron chi connectivity index (χ2n) is 8.26. The molecule has 23 heavy (non-hydrogen) atoms. The molecule has 0 aromatic carbocycles. The van der Waals surface area contributed by atoms with E-state index in [9.17, 15) is 4.79 Å². The van der Waals surface area contributed by atoms with E-state index in [-0.39, 0.29) is 22.9 Å². The summed E-state index contributed by atoms with van der Waals surface area (Å²) in [7, 11) is 1.79. The number of methoxy groups -OCH3 is 1. The molecule has 2 atom stereocenters. The molecule has 1 saturated heterocycles. The van der Waals surface area contributed by atoms with Crippen molar-refractivity contribution in [1.82, 2.24) is 10.2 Å². The maximum Gasteiger partial charge on any atom is 0.225 e. The van der Waals surface area contributed by atoms with Crippen molar-refractivity contribution < 1.29 is 9.53 Å². The molecular weight excluding hydrogens is 290 g/mol. The fourth-order valence-electron chi connectivity index (χ4n) is 4.02. The molecule has 5 nitrogen and oxygen atoms in total. The Morgan fingerprint density at radius 2 is 1.96 bits per heavy atom. The molecule has 5 heteroatoms. The Kier molecular flexibility index (Phi) is 6.09. The van der Waals surface area contributed by atoms with Crippen LogP contribution in [0, 0.1) is 5.92 Å². The van der Waals surface area contributed by atoms with E-state index in [2.05, 4.69) is 24.1 Å². The van der Waals surface area contributed by atoms with Gasteiger partial charge in [-0.3, -0.25) is 9.69 Å². The molecule has 134 valence electrons. The number of nitrogens with one attached hydrogen (secondary N) is 1. The molecule has 2 fully saturated rings. The van der Waals surface area contributed by atoms with Gasteiger partial charge < -0.3 is 15.8 Å². The highest BCUT2D eigenvalue weighted by molar-refractivity contribution is 5.80. The van der Waals surface area contributed by atoms with Gasteiger partial charge in [0.25, 0.3) is 0 Å². The third-order valence-electron chi connectivity index (χ3n) is 5.90. The van der Waals surface area contributed by atoms with Crippen LogP contribution in [0.25, 0.3) is 0 Å². The summed E-state index contributed by atoms with van der Waals surface area (Å²) in [6.45, 7) is 9.18. The lowest BCUT2D eigenvalue weighted by Crippen LogP contribution is -2.58.